The van der Waals surface area contributed by atoms with Crippen molar-refractivity contribution in [1.29, 1.82) is 0 Å². The Kier molecular flexibility index (Phi) is 4.64. The van der Waals surface area contributed by atoms with E-state index < -0.39 is 16.6 Å². The highest BCUT2D eigenvalue weighted by atomic mass is 16.6. The zero-order chi connectivity index (χ0) is 19.7. The number of amides is 1. The molecule has 0 fully saturated rings. The number of hydrogen-bond donors (Lipinski definition) is 2. The normalized spacial score (nSPS) is 10.9. The number of carbonyl (C=O) groups is 2. The average molecular weight is 367 g/mol. The summed E-state index contributed by atoms with van der Waals surface area (Å²) < 4.78 is 1.58. The molecule has 0 saturated heterocycles. The lowest BCUT2D eigenvalue weighted by molar-refractivity contribution is -0.385. The molecule has 8 heteroatoms. The summed E-state index contributed by atoms with van der Waals surface area (Å²) in [5.41, 5.74) is 6.93. The first-order valence-electron chi connectivity index (χ1n) is 8.27. The Labute approximate surface area is 154 Å². The number of carbonyl (C=O) groups excluding carboxylic acids is 2. The van der Waals surface area contributed by atoms with Gasteiger partial charge in [0.15, 0.2) is 0 Å². The minimum absolute atomic E-state index is 0.0386. The van der Waals surface area contributed by atoms with Crippen molar-refractivity contribution in [3.63, 3.8) is 0 Å². The van der Waals surface area contributed by atoms with Crippen LogP contribution >= 0.6 is 0 Å². The van der Waals surface area contributed by atoms with Gasteiger partial charge in [0.2, 0.25) is 0 Å². The second kappa shape index (κ2) is 6.91. The lowest BCUT2D eigenvalue weighted by Gasteiger charge is -2.07. The van der Waals surface area contributed by atoms with Gasteiger partial charge in [-0.3, -0.25) is 19.7 Å². The maximum Gasteiger partial charge on any atom is 0.289 e. The van der Waals surface area contributed by atoms with E-state index in [0.717, 1.165) is 0 Å². The van der Waals surface area contributed by atoms with Gasteiger partial charge in [0.1, 0.15) is 5.75 Å². The Hall–Kier alpha value is -3.68. The second-order valence-electron chi connectivity index (χ2n) is 6.02. The summed E-state index contributed by atoms with van der Waals surface area (Å²) in [4.78, 5) is 34.8. The molecule has 3 rings (SSSR count). The van der Waals surface area contributed by atoms with E-state index in [1.807, 2.05) is 0 Å². The highest BCUT2D eigenvalue weighted by Gasteiger charge is 2.28. The van der Waals surface area contributed by atoms with Crippen LogP contribution in [0.25, 0.3) is 5.52 Å². The van der Waals surface area contributed by atoms with Crippen LogP contribution < -0.4 is 5.73 Å². The number of fused-ring (bicyclic) bond motifs is 1. The van der Waals surface area contributed by atoms with Gasteiger partial charge < -0.3 is 15.2 Å². The molecule has 138 valence electrons. The van der Waals surface area contributed by atoms with Crippen LogP contribution in [0.3, 0.4) is 0 Å². The van der Waals surface area contributed by atoms with Gasteiger partial charge in [-0.15, -0.1) is 0 Å². The zero-order valence-corrected chi connectivity index (χ0v) is 14.5. The molecule has 0 aliphatic rings. The largest absolute Gasteiger partial charge is 0.506 e. The third-order valence-corrected chi connectivity index (χ3v) is 4.50. The first-order valence-corrected chi connectivity index (χ1v) is 8.27. The lowest BCUT2D eigenvalue weighted by atomic mass is 9.98. The third kappa shape index (κ3) is 3.01. The van der Waals surface area contributed by atoms with Crippen LogP contribution in [0.1, 0.15) is 34.1 Å². The Morgan fingerprint density at radius 3 is 2.56 bits per heavy atom. The smallest absolute Gasteiger partial charge is 0.289 e. The Morgan fingerprint density at radius 1 is 1.22 bits per heavy atom. The van der Waals surface area contributed by atoms with Gasteiger partial charge in [-0.2, -0.15) is 0 Å². The summed E-state index contributed by atoms with van der Waals surface area (Å²) in [5.74, 6) is -2.21. The molecular weight excluding hydrogens is 350 g/mol. The van der Waals surface area contributed by atoms with Gasteiger partial charge in [-0.25, -0.2) is 0 Å². The maximum absolute atomic E-state index is 12.4. The summed E-state index contributed by atoms with van der Waals surface area (Å²) in [6.07, 6.45) is 2.17. The fourth-order valence-corrected chi connectivity index (χ4v) is 3.36. The first kappa shape index (κ1) is 18.1. The van der Waals surface area contributed by atoms with Crippen molar-refractivity contribution in [2.75, 3.05) is 0 Å². The number of primary amides is 1. The standard InChI is InChI=1S/C19H17N3O5/c1-2-12-14(10-11-6-3-4-7-13(11)22(26)27)21-9-5-8-15(23)17(21)16(12)18(24)19(20)25/h3-9,23H,2,10H2,1H3,(H2,20,25). The summed E-state index contributed by atoms with van der Waals surface area (Å²) in [6.45, 7) is 1.80. The van der Waals surface area contributed by atoms with Crippen molar-refractivity contribution in [2.24, 2.45) is 5.73 Å². The number of pyridine rings is 1. The number of ketones is 1. The number of rotatable bonds is 6. The van der Waals surface area contributed by atoms with Gasteiger partial charge >= 0.3 is 0 Å². The molecule has 0 spiro atoms. The first-order chi connectivity index (χ1) is 12.9. The summed E-state index contributed by atoms with van der Waals surface area (Å²) in [5, 5.41) is 21.6. The molecule has 3 aromatic rings. The Morgan fingerprint density at radius 2 is 1.93 bits per heavy atom. The number of aromatic nitrogens is 1. The van der Waals surface area contributed by atoms with Gasteiger partial charge in [-0.05, 0) is 24.1 Å². The van der Waals surface area contributed by atoms with E-state index >= 15 is 0 Å². The molecule has 0 aliphatic heterocycles. The van der Waals surface area contributed by atoms with E-state index in [-0.39, 0.29) is 28.9 Å². The SMILES string of the molecule is CCc1c(C(=O)C(N)=O)c2c(O)cccn2c1Cc1ccccc1[N+](=O)[O-]. The molecule has 27 heavy (non-hydrogen) atoms. The van der Waals surface area contributed by atoms with E-state index in [9.17, 15) is 24.8 Å². The number of nitro groups is 1. The fraction of sp³-hybridized carbons (Fsp3) is 0.158. The summed E-state index contributed by atoms with van der Waals surface area (Å²) >= 11 is 0. The third-order valence-electron chi connectivity index (χ3n) is 4.50. The van der Waals surface area contributed by atoms with Crippen LogP contribution in [0.4, 0.5) is 5.69 Å². The summed E-state index contributed by atoms with van der Waals surface area (Å²) in [7, 11) is 0. The van der Waals surface area contributed by atoms with Gasteiger partial charge in [0.05, 0.1) is 16.0 Å². The van der Waals surface area contributed by atoms with Crippen LogP contribution in [0.5, 0.6) is 5.75 Å². The van der Waals surface area contributed by atoms with Gasteiger partial charge in [0, 0.05) is 29.9 Å². The molecule has 1 aromatic carbocycles. The summed E-state index contributed by atoms with van der Waals surface area (Å²) in [6, 6.07) is 9.30. The molecule has 2 heterocycles. The number of benzene rings is 1. The Bertz CT molecular complexity index is 1080. The van der Waals surface area contributed by atoms with Crippen molar-refractivity contribution in [3.05, 3.63) is 75.1 Å². The molecule has 0 unspecified atom stereocenters. The molecule has 0 bridgehead atoms. The van der Waals surface area contributed by atoms with E-state index in [2.05, 4.69) is 0 Å². The fourth-order valence-electron chi connectivity index (χ4n) is 3.36. The van der Waals surface area contributed by atoms with Crippen LogP contribution in [0, 0.1) is 10.1 Å². The molecule has 0 atom stereocenters. The minimum Gasteiger partial charge on any atom is -0.506 e. The Balaban J connectivity index is 2.31. The molecular formula is C19H17N3O5. The molecule has 0 radical (unpaired) electrons. The molecule has 2 aromatic heterocycles. The highest BCUT2D eigenvalue weighted by Crippen LogP contribution is 2.33. The zero-order valence-electron chi connectivity index (χ0n) is 14.5. The number of Topliss-reactive ketones (excluding diaryl/α,β-unsaturated/α-hetero) is 1. The number of nitrogens with two attached hydrogens (primary N) is 1. The van der Waals surface area contributed by atoms with Crippen LogP contribution in [0.15, 0.2) is 42.6 Å². The van der Waals surface area contributed by atoms with E-state index in [4.69, 9.17) is 5.73 Å². The predicted octanol–water partition coefficient (Wildman–Crippen LogP) is 2.37. The van der Waals surface area contributed by atoms with Crippen molar-refractivity contribution >= 4 is 22.9 Å². The number of hydrogen-bond acceptors (Lipinski definition) is 5. The minimum atomic E-state index is -1.13. The molecule has 8 nitrogen and oxygen atoms in total. The van der Waals surface area contributed by atoms with Crippen molar-refractivity contribution in [2.45, 2.75) is 19.8 Å². The number of nitrogens with zero attached hydrogens (tertiary/aromatic N) is 2. The molecule has 0 saturated carbocycles. The molecule has 0 aliphatic carbocycles. The number of nitro benzene ring substituents is 1. The van der Waals surface area contributed by atoms with Gasteiger partial charge in [0.25, 0.3) is 17.4 Å². The molecule has 1 amide bonds. The highest BCUT2D eigenvalue weighted by molar-refractivity contribution is 6.44. The van der Waals surface area contributed by atoms with E-state index in [0.29, 0.717) is 23.2 Å². The van der Waals surface area contributed by atoms with Crippen LogP contribution in [0.2, 0.25) is 0 Å². The van der Waals surface area contributed by atoms with E-state index in [1.54, 1.807) is 41.8 Å². The van der Waals surface area contributed by atoms with Crippen LogP contribution in [-0.2, 0) is 17.6 Å². The quantitative estimate of drug-likeness (QED) is 0.299. The van der Waals surface area contributed by atoms with Crippen molar-refractivity contribution in [1.82, 2.24) is 4.40 Å². The lowest BCUT2D eigenvalue weighted by Crippen LogP contribution is -2.24. The monoisotopic (exact) mass is 367 g/mol. The van der Waals surface area contributed by atoms with Crippen molar-refractivity contribution < 1.29 is 19.6 Å². The maximum atomic E-state index is 12.4. The number of para-hydroxylation sites is 1. The van der Waals surface area contributed by atoms with Gasteiger partial charge in [-0.1, -0.05) is 25.1 Å². The average Bonchev–Trinajstić information content (AvgIpc) is 2.96. The predicted molar refractivity (Wildman–Crippen MR) is 97.9 cm³/mol. The van der Waals surface area contributed by atoms with E-state index in [1.165, 1.54) is 12.1 Å². The van der Waals surface area contributed by atoms with Crippen molar-refractivity contribution in [3.8, 4) is 5.75 Å². The number of aromatic hydroxyl groups is 1. The molecule has 3 N–H and O–H groups in total. The van der Waals surface area contributed by atoms with Crippen LogP contribution in [-0.4, -0.2) is 26.1 Å². The topological polar surface area (TPSA) is 128 Å². The second-order valence-corrected chi connectivity index (χ2v) is 6.02.